The van der Waals surface area contributed by atoms with Gasteiger partial charge in [-0.15, -0.1) is 0 Å². The van der Waals surface area contributed by atoms with Gasteiger partial charge in [0.2, 0.25) is 0 Å². The topological polar surface area (TPSA) is 29.1 Å². The molecule has 0 bridgehead atoms. The van der Waals surface area contributed by atoms with E-state index >= 15 is 0 Å². The second-order valence-corrected chi connectivity index (χ2v) is 5.84. The van der Waals surface area contributed by atoms with Crippen molar-refractivity contribution in [3.63, 3.8) is 0 Å². The molecule has 0 radical (unpaired) electrons. The van der Waals surface area contributed by atoms with Crippen molar-refractivity contribution in [2.75, 3.05) is 13.1 Å². The quantitative estimate of drug-likeness (QED) is 0.824. The summed E-state index contributed by atoms with van der Waals surface area (Å²) in [5.74, 6) is 1.22. The molecule has 2 nitrogen and oxygen atoms in total. The number of rotatable bonds is 4. The number of piperidine rings is 1. The number of hydrogen-bond acceptors (Lipinski definition) is 2. The van der Waals surface area contributed by atoms with Crippen LogP contribution in [0, 0.1) is 5.92 Å². The monoisotopic (exact) mass is 249 g/mol. The molecular formula is C16H27NO. The highest BCUT2D eigenvalue weighted by molar-refractivity contribution is 5.95. The van der Waals surface area contributed by atoms with Crippen LogP contribution in [0.15, 0.2) is 11.6 Å². The second kappa shape index (κ2) is 7.73. The maximum atomic E-state index is 12.2. The van der Waals surface area contributed by atoms with E-state index in [0.717, 1.165) is 50.3 Å². The van der Waals surface area contributed by atoms with Crippen LogP contribution in [0.5, 0.6) is 0 Å². The molecule has 0 amide bonds. The van der Waals surface area contributed by atoms with Crippen molar-refractivity contribution in [3.8, 4) is 0 Å². The molecule has 0 atom stereocenters. The van der Waals surface area contributed by atoms with E-state index in [9.17, 15) is 4.79 Å². The van der Waals surface area contributed by atoms with Crippen LogP contribution in [0.1, 0.15) is 64.2 Å². The molecule has 102 valence electrons. The number of ketones is 1. The number of hydrogen-bond donors (Lipinski definition) is 1. The molecule has 0 unspecified atom stereocenters. The first-order chi connectivity index (χ1) is 8.86. The summed E-state index contributed by atoms with van der Waals surface area (Å²) >= 11 is 0. The van der Waals surface area contributed by atoms with Crippen molar-refractivity contribution in [1.82, 2.24) is 5.32 Å². The fourth-order valence-electron chi connectivity index (χ4n) is 3.11. The first-order valence-electron chi connectivity index (χ1n) is 7.79. The van der Waals surface area contributed by atoms with Crippen LogP contribution in [0.3, 0.4) is 0 Å². The predicted molar refractivity (Wildman–Crippen MR) is 75.6 cm³/mol. The highest BCUT2D eigenvalue weighted by Crippen LogP contribution is 2.22. The third kappa shape index (κ3) is 4.56. The van der Waals surface area contributed by atoms with E-state index in [1.807, 2.05) is 0 Å². The van der Waals surface area contributed by atoms with Crippen LogP contribution in [-0.4, -0.2) is 18.9 Å². The zero-order valence-corrected chi connectivity index (χ0v) is 11.5. The number of carbonyl (C=O) groups is 1. The minimum atomic E-state index is 0.440. The van der Waals surface area contributed by atoms with Gasteiger partial charge in [0.1, 0.15) is 0 Å². The fraction of sp³-hybridized carbons (Fsp3) is 0.812. The van der Waals surface area contributed by atoms with E-state index in [-0.39, 0.29) is 0 Å². The van der Waals surface area contributed by atoms with Crippen molar-refractivity contribution in [2.24, 2.45) is 5.92 Å². The number of carbonyl (C=O) groups excluding carboxylic acids is 1. The molecule has 0 aromatic carbocycles. The Balaban J connectivity index is 1.75. The van der Waals surface area contributed by atoms with E-state index < -0.39 is 0 Å². The average molecular weight is 249 g/mol. The maximum absolute atomic E-state index is 12.2. The fourth-order valence-corrected chi connectivity index (χ4v) is 3.11. The van der Waals surface area contributed by atoms with Crippen LogP contribution in [0.4, 0.5) is 0 Å². The third-order valence-electron chi connectivity index (χ3n) is 4.39. The van der Waals surface area contributed by atoms with Gasteiger partial charge in [-0.25, -0.2) is 0 Å². The molecule has 18 heavy (non-hydrogen) atoms. The third-order valence-corrected chi connectivity index (χ3v) is 4.39. The lowest BCUT2D eigenvalue weighted by molar-refractivity contribution is -0.116. The highest BCUT2D eigenvalue weighted by Gasteiger charge is 2.16. The van der Waals surface area contributed by atoms with Crippen LogP contribution in [0.2, 0.25) is 0 Å². The highest BCUT2D eigenvalue weighted by atomic mass is 16.1. The number of Topliss-reactive ketones (excluding diaryl/α,β-unsaturated/α-hetero) is 1. The van der Waals surface area contributed by atoms with Crippen LogP contribution in [-0.2, 0) is 4.79 Å². The maximum Gasteiger partial charge on any atom is 0.158 e. The van der Waals surface area contributed by atoms with E-state index in [1.54, 1.807) is 0 Å². The molecule has 1 heterocycles. The summed E-state index contributed by atoms with van der Waals surface area (Å²) in [6.45, 7) is 2.28. The smallest absolute Gasteiger partial charge is 0.158 e. The Morgan fingerprint density at radius 1 is 1.17 bits per heavy atom. The molecule has 0 aromatic rings. The van der Waals surface area contributed by atoms with Gasteiger partial charge in [-0.05, 0) is 69.5 Å². The minimum Gasteiger partial charge on any atom is -0.317 e. The normalized spacial score (nSPS) is 23.0. The van der Waals surface area contributed by atoms with Crippen molar-refractivity contribution in [1.29, 1.82) is 0 Å². The van der Waals surface area contributed by atoms with Gasteiger partial charge in [-0.2, -0.15) is 0 Å². The van der Waals surface area contributed by atoms with E-state index in [4.69, 9.17) is 0 Å². The molecule has 2 aliphatic rings. The summed E-state index contributed by atoms with van der Waals surface area (Å²) in [6, 6.07) is 0. The van der Waals surface area contributed by atoms with Crippen molar-refractivity contribution < 1.29 is 4.79 Å². The molecule has 1 saturated heterocycles. The van der Waals surface area contributed by atoms with Crippen LogP contribution >= 0.6 is 0 Å². The summed E-state index contributed by atoms with van der Waals surface area (Å²) in [6.07, 6.45) is 13.9. The minimum absolute atomic E-state index is 0.440. The summed E-state index contributed by atoms with van der Waals surface area (Å²) < 4.78 is 0. The lowest BCUT2D eigenvalue weighted by Crippen LogP contribution is -2.28. The SMILES string of the molecule is O=C(CCC1CCNCC1)C1=CCCCCCC1. The Kier molecular flexibility index (Phi) is 5.92. The van der Waals surface area contributed by atoms with Gasteiger partial charge in [0.05, 0.1) is 0 Å². The van der Waals surface area contributed by atoms with Crippen molar-refractivity contribution in [3.05, 3.63) is 11.6 Å². The molecule has 2 heteroatoms. The van der Waals surface area contributed by atoms with Gasteiger partial charge in [-0.1, -0.05) is 18.9 Å². The summed E-state index contributed by atoms with van der Waals surface area (Å²) in [7, 11) is 0. The van der Waals surface area contributed by atoms with E-state index in [2.05, 4.69) is 11.4 Å². The molecule has 0 saturated carbocycles. The van der Waals surface area contributed by atoms with Crippen LogP contribution < -0.4 is 5.32 Å². The Labute approximate surface area is 111 Å². The molecule has 0 spiro atoms. The summed E-state index contributed by atoms with van der Waals surface area (Å²) in [5, 5.41) is 3.38. The predicted octanol–water partition coefficient (Wildman–Crippen LogP) is 3.62. The van der Waals surface area contributed by atoms with Gasteiger partial charge in [0.15, 0.2) is 5.78 Å². The Hall–Kier alpha value is -0.630. The molecule has 0 aromatic heterocycles. The Morgan fingerprint density at radius 2 is 1.94 bits per heavy atom. The summed E-state index contributed by atoms with van der Waals surface area (Å²) in [5.41, 5.74) is 1.14. The van der Waals surface area contributed by atoms with Gasteiger partial charge in [-0.3, -0.25) is 4.79 Å². The van der Waals surface area contributed by atoms with E-state index in [1.165, 1.54) is 38.5 Å². The summed E-state index contributed by atoms with van der Waals surface area (Å²) in [4.78, 5) is 12.2. The number of allylic oxidation sites excluding steroid dienone is 2. The van der Waals surface area contributed by atoms with Gasteiger partial charge in [0.25, 0.3) is 0 Å². The Morgan fingerprint density at radius 3 is 2.78 bits per heavy atom. The Bertz CT molecular complexity index is 289. The lowest BCUT2D eigenvalue weighted by atomic mass is 9.89. The lowest BCUT2D eigenvalue weighted by Gasteiger charge is -2.22. The number of nitrogens with one attached hydrogen (secondary N) is 1. The van der Waals surface area contributed by atoms with E-state index in [0.29, 0.717) is 5.78 Å². The van der Waals surface area contributed by atoms with Crippen molar-refractivity contribution >= 4 is 5.78 Å². The van der Waals surface area contributed by atoms with Crippen LogP contribution in [0.25, 0.3) is 0 Å². The van der Waals surface area contributed by atoms with Gasteiger partial charge >= 0.3 is 0 Å². The molecular weight excluding hydrogens is 222 g/mol. The zero-order valence-electron chi connectivity index (χ0n) is 11.5. The molecule has 2 rings (SSSR count). The largest absolute Gasteiger partial charge is 0.317 e. The van der Waals surface area contributed by atoms with Gasteiger partial charge < -0.3 is 5.32 Å². The zero-order chi connectivity index (χ0) is 12.6. The molecule has 1 N–H and O–H groups in total. The average Bonchev–Trinajstić information content (AvgIpc) is 2.37. The first kappa shape index (κ1) is 13.8. The first-order valence-corrected chi connectivity index (χ1v) is 7.79. The molecule has 1 aliphatic heterocycles. The van der Waals surface area contributed by atoms with Gasteiger partial charge in [0, 0.05) is 6.42 Å². The van der Waals surface area contributed by atoms with Crippen molar-refractivity contribution in [2.45, 2.75) is 64.2 Å². The standard InChI is InChI=1S/C16H27NO/c18-16(9-8-14-10-12-17-13-11-14)15-6-4-2-1-3-5-7-15/h6,14,17H,1-5,7-13H2. The molecule has 1 aliphatic carbocycles. The second-order valence-electron chi connectivity index (χ2n) is 5.84. The molecule has 1 fully saturated rings.